The minimum atomic E-state index is -0.395. The van der Waals surface area contributed by atoms with E-state index in [1.807, 2.05) is 48.5 Å². The van der Waals surface area contributed by atoms with Crippen molar-refractivity contribution in [1.82, 2.24) is 4.98 Å². The lowest BCUT2D eigenvalue weighted by Crippen LogP contribution is -1.96. The second kappa shape index (κ2) is 5.02. The average Bonchev–Trinajstić information content (AvgIpc) is 2.46. The van der Waals surface area contributed by atoms with Gasteiger partial charge in [0.2, 0.25) is 0 Å². The van der Waals surface area contributed by atoms with E-state index < -0.39 is 4.92 Å². The zero-order valence-electron chi connectivity index (χ0n) is 10.3. The number of rotatable bonds is 2. The number of para-hydroxylation sites is 1. The Labute approximate surface area is 123 Å². The topological polar surface area (TPSA) is 56.0 Å². The van der Waals surface area contributed by atoms with Gasteiger partial charge in [0.25, 0.3) is 5.69 Å². The van der Waals surface area contributed by atoms with Crippen molar-refractivity contribution < 1.29 is 4.92 Å². The summed E-state index contributed by atoms with van der Waals surface area (Å²) in [4.78, 5) is 15.4. The van der Waals surface area contributed by atoms with E-state index in [9.17, 15) is 10.1 Å². The summed E-state index contributed by atoms with van der Waals surface area (Å²) >= 11 is 3.42. The number of aromatic nitrogens is 1. The van der Waals surface area contributed by atoms with Gasteiger partial charge in [0.1, 0.15) is 5.69 Å². The fourth-order valence-corrected chi connectivity index (χ4v) is 2.57. The Balaban J connectivity index is 2.36. The van der Waals surface area contributed by atoms with Crippen LogP contribution in [0.4, 0.5) is 5.69 Å². The zero-order chi connectivity index (χ0) is 14.1. The minimum Gasteiger partial charge on any atom is -0.258 e. The van der Waals surface area contributed by atoms with E-state index in [2.05, 4.69) is 20.9 Å². The lowest BCUT2D eigenvalue weighted by Gasteiger charge is -2.06. The van der Waals surface area contributed by atoms with Crippen molar-refractivity contribution in [2.45, 2.75) is 0 Å². The molecule has 0 saturated carbocycles. The van der Waals surface area contributed by atoms with Crippen LogP contribution >= 0.6 is 15.9 Å². The summed E-state index contributed by atoms with van der Waals surface area (Å²) in [6.45, 7) is 0. The Morgan fingerprint density at radius 1 is 1.05 bits per heavy atom. The van der Waals surface area contributed by atoms with Crippen molar-refractivity contribution in [3.8, 4) is 11.3 Å². The van der Waals surface area contributed by atoms with E-state index in [-0.39, 0.29) is 5.69 Å². The lowest BCUT2D eigenvalue weighted by molar-refractivity contribution is -0.384. The van der Waals surface area contributed by atoms with Crippen LogP contribution in [0.2, 0.25) is 0 Å². The molecule has 0 atom stereocenters. The number of hydrogen-bond donors (Lipinski definition) is 0. The van der Waals surface area contributed by atoms with Crippen LogP contribution in [0.25, 0.3) is 22.2 Å². The normalized spacial score (nSPS) is 10.7. The molecule has 0 N–H and O–H groups in total. The van der Waals surface area contributed by atoms with Gasteiger partial charge in [-0.05, 0) is 12.1 Å². The summed E-state index contributed by atoms with van der Waals surface area (Å²) in [5.41, 5.74) is 1.84. The molecule has 0 aliphatic rings. The molecule has 0 saturated heterocycles. The maximum atomic E-state index is 11.3. The number of nitro groups is 1. The Kier molecular flexibility index (Phi) is 3.20. The van der Waals surface area contributed by atoms with E-state index >= 15 is 0 Å². The van der Waals surface area contributed by atoms with Gasteiger partial charge in [-0.2, -0.15) is 0 Å². The molecular formula is C15H9BrN2O2. The maximum Gasteiger partial charge on any atom is 0.296 e. The summed E-state index contributed by atoms with van der Waals surface area (Å²) in [5.74, 6) is 0. The van der Waals surface area contributed by atoms with E-state index in [4.69, 9.17) is 0 Å². The standard InChI is InChI=1S/C15H9BrN2O2/c16-12-7-3-2-6-11(12)15-14(18(19)20)9-10-5-1-4-8-13(10)17-15/h1-9H. The molecule has 3 rings (SSSR count). The molecule has 0 bridgehead atoms. The number of hydrogen-bond acceptors (Lipinski definition) is 3. The van der Waals surface area contributed by atoms with Gasteiger partial charge >= 0.3 is 0 Å². The third kappa shape index (κ3) is 2.16. The van der Waals surface area contributed by atoms with Gasteiger partial charge in [-0.25, -0.2) is 4.98 Å². The van der Waals surface area contributed by atoms with Crippen LogP contribution in [0.15, 0.2) is 59.1 Å². The monoisotopic (exact) mass is 328 g/mol. The van der Waals surface area contributed by atoms with Crippen LogP contribution in [0.3, 0.4) is 0 Å². The molecule has 1 aromatic heterocycles. The molecule has 1 heterocycles. The van der Waals surface area contributed by atoms with Crippen molar-refractivity contribution in [3.05, 3.63) is 69.2 Å². The Morgan fingerprint density at radius 3 is 2.50 bits per heavy atom. The van der Waals surface area contributed by atoms with Gasteiger partial charge in [0.15, 0.2) is 0 Å². The predicted molar refractivity (Wildman–Crippen MR) is 81.5 cm³/mol. The third-order valence-electron chi connectivity index (χ3n) is 3.03. The second-order valence-corrected chi connectivity index (χ2v) is 5.14. The summed E-state index contributed by atoms with van der Waals surface area (Å²) < 4.78 is 0.783. The summed E-state index contributed by atoms with van der Waals surface area (Å²) in [6.07, 6.45) is 0. The highest BCUT2D eigenvalue weighted by Crippen LogP contribution is 2.35. The van der Waals surface area contributed by atoms with Crippen molar-refractivity contribution in [3.63, 3.8) is 0 Å². The van der Waals surface area contributed by atoms with Gasteiger partial charge in [-0.1, -0.05) is 52.3 Å². The summed E-state index contributed by atoms with van der Waals surface area (Å²) in [5, 5.41) is 12.1. The maximum absolute atomic E-state index is 11.3. The van der Waals surface area contributed by atoms with Crippen LogP contribution in [0, 0.1) is 10.1 Å². The number of halogens is 1. The largest absolute Gasteiger partial charge is 0.296 e. The zero-order valence-corrected chi connectivity index (χ0v) is 11.9. The molecule has 5 heteroatoms. The average molecular weight is 329 g/mol. The third-order valence-corrected chi connectivity index (χ3v) is 3.72. The van der Waals surface area contributed by atoms with Crippen molar-refractivity contribution in [2.75, 3.05) is 0 Å². The fourth-order valence-electron chi connectivity index (χ4n) is 2.10. The molecule has 0 radical (unpaired) electrons. The number of fused-ring (bicyclic) bond motifs is 1. The number of pyridine rings is 1. The molecule has 0 aliphatic carbocycles. The SMILES string of the molecule is O=[N+]([O-])c1cc2ccccc2nc1-c1ccccc1Br. The van der Waals surface area contributed by atoms with Gasteiger partial charge in [-0.15, -0.1) is 0 Å². The molecule has 0 aliphatic heterocycles. The fraction of sp³-hybridized carbons (Fsp3) is 0. The number of benzene rings is 2. The molecule has 3 aromatic rings. The molecule has 2 aromatic carbocycles. The van der Waals surface area contributed by atoms with Gasteiger partial charge in [-0.3, -0.25) is 10.1 Å². The molecule has 98 valence electrons. The van der Waals surface area contributed by atoms with E-state index in [0.717, 1.165) is 15.4 Å². The molecular weight excluding hydrogens is 320 g/mol. The first-order valence-electron chi connectivity index (χ1n) is 5.96. The van der Waals surface area contributed by atoms with Crippen LogP contribution in [0.1, 0.15) is 0 Å². The van der Waals surface area contributed by atoms with Gasteiger partial charge in [0, 0.05) is 21.5 Å². The molecule has 4 nitrogen and oxygen atoms in total. The van der Waals surface area contributed by atoms with Crippen LogP contribution in [-0.4, -0.2) is 9.91 Å². The van der Waals surface area contributed by atoms with E-state index in [1.54, 1.807) is 6.07 Å². The van der Waals surface area contributed by atoms with E-state index in [1.165, 1.54) is 0 Å². The predicted octanol–water partition coefficient (Wildman–Crippen LogP) is 4.57. The smallest absolute Gasteiger partial charge is 0.258 e. The quantitative estimate of drug-likeness (QED) is 0.511. The number of nitrogens with zero attached hydrogens (tertiary/aromatic N) is 2. The first-order valence-corrected chi connectivity index (χ1v) is 6.75. The highest BCUT2D eigenvalue weighted by atomic mass is 79.9. The lowest BCUT2D eigenvalue weighted by atomic mass is 10.1. The van der Waals surface area contributed by atoms with Crippen molar-refractivity contribution in [2.24, 2.45) is 0 Å². The Bertz CT molecular complexity index is 818. The van der Waals surface area contributed by atoms with Crippen molar-refractivity contribution >= 4 is 32.5 Å². The van der Waals surface area contributed by atoms with Gasteiger partial charge < -0.3 is 0 Å². The minimum absolute atomic E-state index is 0.00981. The first-order chi connectivity index (χ1) is 9.66. The molecule has 20 heavy (non-hydrogen) atoms. The highest BCUT2D eigenvalue weighted by Gasteiger charge is 2.19. The van der Waals surface area contributed by atoms with Crippen LogP contribution in [0.5, 0.6) is 0 Å². The van der Waals surface area contributed by atoms with Crippen molar-refractivity contribution in [1.29, 1.82) is 0 Å². The Hall–Kier alpha value is -2.27. The summed E-state index contributed by atoms with van der Waals surface area (Å²) in [6, 6.07) is 16.3. The van der Waals surface area contributed by atoms with Gasteiger partial charge in [0.05, 0.1) is 10.4 Å². The second-order valence-electron chi connectivity index (χ2n) is 4.29. The van der Waals surface area contributed by atoms with Crippen LogP contribution in [-0.2, 0) is 0 Å². The first kappa shape index (κ1) is 12.7. The molecule has 0 unspecified atom stereocenters. The molecule has 0 spiro atoms. The highest BCUT2D eigenvalue weighted by molar-refractivity contribution is 9.10. The van der Waals surface area contributed by atoms with E-state index in [0.29, 0.717) is 11.3 Å². The molecule has 0 amide bonds. The molecule has 0 fully saturated rings. The summed E-state index contributed by atoms with van der Waals surface area (Å²) in [7, 11) is 0. The Morgan fingerprint density at radius 2 is 1.75 bits per heavy atom. The van der Waals surface area contributed by atoms with Crippen LogP contribution < -0.4 is 0 Å².